The molecule has 1 saturated carbocycles. The Morgan fingerprint density at radius 2 is 1.56 bits per heavy atom. The van der Waals surface area contributed by atoms with E-state index in [0.717, 1.165) is 23.2 Å². The maximum Gasteiger partial charge on any atom is 0.316 e. The van der Waals surface area contributed by atoms with Crippen LogP contribution in [0.4, 0.5) is 11.4 Å². The minimum absolute atomic E-state index is 0.0964. The maximum absolute atomic E-state index is 13.1. The monoisotopic (exact) mass is 484 g/mol. The predicted octanol–water partition coefficient (Wildman–Crippen LogP) is 3.88. The van der Waals surface area contributed by atoms with Crippen molar-refractivity contribution in [2.75, 3.05) is 16.3 Å². The topological polar surface area (TPSA) is 84.0 Å². The highest BCUT2D eigenvalue weighted by atomic mass is 16.5. The van der Waals surface area contributed by atoms with E-state index < -0.39 is 11.9 Å². The summed E-state index contributed by atoms with van der Waals surface area (Å²) in [4.78, 5) is 54.9. The van der Waals surface area contributed by atoms with Crippen molar-refractivity contribution >= 4 is 35.1 Å². The van der Waals surface area contributed by atoms with Crippen LogP contribution in [0.25, 0.3) is 0 Å². The van der Waals surface area contributed by atoms with Crippen molar-refractivity contribution in [1.82, 2.24) is 0 Å². The number of benzene rings is 2. The number of hydrogen-bond donors (Lipinski definition) is 0. The van der Waals surface area contributed by atoms with Crippen LogP contribution >= 0.6 is 0 Å². The zero-order valence-electron chi connectivity index (χ0n) is 20.6. The zero-order chi connectivity index (χ0) is 25.3. The molecule has 2 aliphatic carbocycles. The molecule has 7 heteroatoms. The van der Waals surface area contributed by atoms with Crippen molar-refractivity contribution in [3.63, 3.8) is 0 Å². The first-order chi connectivity index (χ1) is 17.2. The number of rotatable bonds is 4. The molecule has 5 atom stereocenters. The van der Waals surface area contributed by atoms with Crippen molar-refractivity contribution in [3.05, 3.63) is 65.2 Å². The molecular weight excluding hydrogens is 456 g/mol. The van der Waals surface area contributed by atoms with Gasteiger partial charge in [0, 0.05) is 18.7 Å². The maximum atomic E-state index is 13.1. The second-order valence-corrected chi connectivity index (χ2v) is 10.6. The Balaban J connectivity index is 1.16. The lowest BCUT2D eigenvalue weighted by Gasteiger charge is -2.20. The molecule has 2 aliphatic heterocycles. The molecule has 7 nitrogen and oxygen atoms in total. The first-order valence-electron chi connectivity index (χ1n) is 12.5. The lowest BCUT2D eigenvalue weighted by molar-refractivity contribution is -0.139. The molecule has 3 amide bonds. The molecule has 2 aromatic carbocycles. The Kier molecular flexibility index (Phi) is 5.14. The Morgan fingerprint density at radius 3 is 2.22 bits per heavy atom. The lowest BCUT2D eigenvalue weighted by atomic mass is 9.85. The van der Waals surface area contributed by atoms with Crippen LogP contribution in [0.5, 0.6) is 5.75 Å². The van der Waals surface area contributed by atoms with E-state index in [9.17, 15) is 19.2 Å². The molecule has 2 bridgehead atoms. The molecule has 36 heavy (non-hydrogen) atoms. The fourth-order valence-electron chi connectivity index (χ4n) is 6.39. The van der Waals surface area contributed by atoms with E-state index in [-0.39, 0.29) is 54.4 Å². The Morgan fingerprint density at radius 1 is 0.861 bits per heavy atom. The van der Waals surface area contributed by atoms with Gasteiger partial charge >= 0.3 is 5.97 Å². The van der Waals surface area contributed by atoms with Gasteiger partial charge in [-0.05, 0) is 80.0 Å². The van der Waals surface area contributed by atoms with E-state index in [1.165, 1.54) is 4.90 Å². The van der Waals surface area contributed by atoms with E-state index >= 15 is 0 Å². The number of allylic oxidation sites excluding steroid dienone is 2. The van der Waals surface area contributed by atoms with E-state index in [1.807, 2.05) is 32.0 Å². The molecule has 6 rings (SSSR count). The summed E-state index contributed by atoms with van der Waals surface area (Å²) in [6.07, 6.45) is 5.13. The van der Waals surface area contributed by atoms with Crippen LogP contribution in [0, 0.1) is 50.4 Å². The number of imide groups is 1. The molecule has 0 spiro atoms. The number of fused-ring (bicyclic) bond motifs is 5. The Labute approximate surface area is 209 Å². The third kappa shape index (κ3) is 3.40. The van der Waals surface area contributed by atoms with Gasteiger partial charge in [-0.15, -0.1) is 0 Å². The molecule has 0 unspecified atom stereocenters. The van der Waals surface area contributed by atoms with Crippen LogP contribution in [-0.4, -0.2) is 30.2 Å². The number of aryl methyl sites for hydroxylation is 3. The summed E-state index contributed by atoms with van der Waals surface area (Å²) in [6.45, 7) is 5.99. The summed E-state index contributed by atoms with van der Waals surface area (Å²) in [7, 11) is 0. The molecule has 2 heterocycles. The number of carbonyl (C=O) groups is 4. The fraction of sp³-hybridized carbons (Fsp3) is 0.379. The minimum Gasteiger partial charge on any atom is -0.426 e. The van der Waals surface area contributed by atoms with Crippen LogP contribution in [0.1, 0.15) is 29.5 Å². The number of carbonyl (C=O) groups excluding carboxylic acids is 4. The standard InChI is InChI=1S/C29H28N2O5/c1-15-4-5-16(2)23(10-15)30-14-20(13-24(30)32)29(35)36-21-8-9-22(17(3)11-21)31-27(33)25-18-6-7-19(12-18)26(25)28(31)34/h4-11,18-20,25-26H,12-14H2,1-3H3/t18-,19-,20-,25-,26+/m0/s1. The van der Waals surface area contributed by atoms with E-state index in [4.69, 9.17) is 4.74 Å². The van der Waals surface area contributed by atoms with Crippen LogP contribution in [0.3, 0.4) is 0 Å². The van der Waals surface area contributed by atoms with Crippen molar-refractivity contribution in [2.24, 2.45) is 29.6 Å². The number of nitrogens with zero attached hydrogens (tertiary/aromatic N) is 2. The highest BCUT2D eigenvalue weighted by Crippen LogP contribution is 2.53. The highest BCUT2D eigenvalue weighted by Gasteiger charge is 2.59. The first-order valence-corrected chi connectivity index (χ1v) is 12.5. The average molecular weight is 485 g/mol. The summed E-state index contributed by atoms with van der Waals surface area (Å²) in [5, 5.41) is 0. The van der Waals surface area contributed by atoms with Gasteiger partial charge in [-0.25, -0.2) is 4.90 Å². The number of hydrogen-bond acceptors (Lipinski definition) is 5. The molecule has 2 saturated heterocycles. The molecular formula is C29H28N2O5. The van der Waals surface area contributed by atoms with Crippen molar-refractivity contribution in [3.8, 4) is 5.75 Å². The van der Waals surface area contributed by atoms with Crippen molar-refractivity contribution in [2.45, 2.75) is 33.6 Å². The SMILES string of the molecule is Cc1ccc(C)c(N2C[C@@H](C(=O)Oc3ccc(N4C(=O)[C@@H]5[C@H](C4=O)[C@H]4C=C[C@H]5C4)c(C)c3)CC2=O)c1. The minimum atomic E-state index is -0.568. The van der Waals surface area contributed by atoms with Gasteiger partial charge < -0.3 is 9.64 Å². The number of anilines is 2. The van der Waals surface area contributed by atoms with Gasteiger partial charge in [0.05, 0.1) is 23.4 Å². The van der Waals surface area contributed by atoms with Gasteiger partial charge in [-0.3, -0.25) is 19.2 Å². The predicted molar refractivity (Wildman–Crippen MR) is 133 cm³/mol. The number of amides is 3. The molecule has 184 valence electrons. The van der Waals surface area contributed by atoms with Gasteiger partial charge in [0.1, 0.15) is 5.75 Å². The average Bonchev–Trinajstić information content (AvgIpc) is 3.60. The summed E-state index contributed by atoms with van der Waals surface area (Å²) in [5.41, 5.74) is 4.07. The smallest absolute Gasteiger partial charge is 0.316 e. The Bertz CT molecular complexity index is 1330. The van der Waals surface area contributed by atoms with E-state index in [2.05, 4.69) is 12.2 Å². The van der Waals surface area contributed by atoms with Crippen LogP contribution < -0.4 is 14.5 Å². The van der Waals surface area contributed by atoms with Gasteiger partial charge in [-0.1, -0.05) is 24.3 Å². The van der Waals surface area contributed by atoms with Crippen LogP contribution in [-0.2, 0) is 19.2 Å². The van der Waals surface area contributed by atoms with Crippen LogP contribution in [0.15, 0.2) is 48.6 Å². The third-order valence-electron chi connectivity index (χ3n) is 8.21. The van der Waals surface area contributed by atoms with Crippen molar-refractivity contribution in [1.29, 1.82) is 0 Å². The molecule has 0 N–H and O–H groups in total. The van der Waals surface area contributed by atoms with Gasteiger partial charge in [0.25, 0.3) is 0 Å². The molecule has 2 aromatic rings. The van der Waals surface area contributed by atoms with Gasteiger partial charge in [-0.2, -0.15) is 0 Å². The molecule has 0 radical (unpaired) electrons. The molecule has 3 fully saturated rings. The molecule has 0 aromatic heterocycles. The zero-order valence-corrected chi connectivity index (χ0v) is 20.6. The normalized spacial score (nSPS) is 28.4. The highest BCUT2D eigenvalue weighted by molar-refractivity contribution is 6.23. The number of esters is 1. The van der Waals surface area contributed by atoms with Gasteiger partial charge in [0.15, 0.2) is 0 Å². The third-order valence-corrected chi connectivity index (χ3v) is 8.21. The van der Waals surface area contributed by atoms with E-state index in [1.54, 1.807) is 30.0 Å². The fourth-order valence-corrected chi connectivity index (χ4v) is 6.39. The second kappa shape index (κ2) is 8.15. The summed E-state index contributed by atoms with van der Waals surface area (Å²) in [6, 6.07) is 10.9. The second-order valence-electron chi connectivity index (χ2n) is 10.6. The largest absolute Gasteiger partial charge is 0.426 e. The molecule has 4 aliphatic rings. The lowest BCUT2D eigenvalue weighted by Crippen LogP contribution is -2.33. The summed E-state index contributed by atoms with van der Waals surface area (Å²) in [5.74, 6) is -1.28. The van der Waals surface area contributed by atoms with Crippen LogP contribution in [0.2, 0.25) is 0 Å². The van der Waals surface area contributed by atoms with Gasteiger partial charge in [0.2, 0.25) is 17.7 Å². The quantitative estimate of drug-likeness (QED) is 0.285. The summed E-state index contributed by atoms with van der Waals surface area (Å²) >= 11 is 0. The van der Waals surface area contributed by atoms with Crippen molar-refractivity contribution < 1.29 is 23.9 Å². The number of ether oxygens (including phenoxy) is 1. The first kappa shape index (κ1) is 22.7. The van der Waals surface area contributed by atoms with E-state index in [0.29, 0.717) is 17.0 Å². The summed E-state index contributed by atoms with van der Waals surface area (Å²) < 4.78 is 5.64. The Hall–Kier alpha value is -3.74.